The lowest BCUT2D eigenvalue weighted by Crippen LogP contribution is -2.42. The van der Waals surface area contributed by atoms with E-state index in [9.17, 15) is 9.59 Å². The van der Waals surface area contributed by atoms with Crippen LogP contribution >= 0.6 is 0 Å². The number of rotatable bonds is 1. The lowest BCUT2D eigenvalue weighted by atomic mass is 10.0. The lowest BCUT2D eigenvalue weighted by Gasteiger charge is -2.28. The summed E-state index contributed by atoms with van der Waals surface area (Å²) in [6.45, 7) is 0.558. The van der Waals surface area contributed by atoms with E-state index in [1.54, 1.807) is 23.2 Å². The minimum Gasteiger partial charge on any atom is -0.318 e. The third-order valence-electron chi connectivity index (χ3n) is 4.25. The number of aromatic nitrogens is 2. The van der Waals surface area contributed by atoms with Crippen molar-refractivity contribution >= 4 is 34.1 Å². The molecule has 3 aromatic rings. The molecule has 0 saturated heterocycles. The van der Waals surface area contributed by atoms with Crippen molar-refractivity contribution in [3.63, 3.8) is 0 Å². The van der Waals surface area contributed by atoms with Crippen LogP contribution in [0.5, 0.6) is 0 Å². The van der Waals surface area contributed by atoms with Crippen molar-refractivity contribution < 1.29 is 9.59 Å². The van der Waals surface area contributed by atoms with Gasteiger partial charge >= 0.3 is 11.8 Å². The molecule has 0 bridgehead atoms. The number of aromatic amines is 1. The molecule has 2 aromatic carbocycles. The van der Waals surface area contributed by atoms with Gasteiger partial charge in [-0.2, -0.15) is 5.10 Å². The van der Waals surface area contributed by atoms with Gasteiger partial charge < -0.3 is 10.2 Å². The van der Waals surface area contributed by atoms with Crippen molar-refractivity contribution in [3.8, 4) is 0 Å². The van der Waals surface area contributed by atoms with Crippen molar-refractivity contribution in [2.75, 3.05) is 16.8 Å². The van der Waals surface area contributed by atoms with E-state index in [1.807, 2.05) is 30.3 Å². The Balaban J connectivity index is 1.55. The molecule has 0 saturated carbocycles. The molecular weight excluding hydrogens is 304 g/mol. The van der Waals surface area contributed by atoms with Gasteiger partial charge in [0.25, 0.3) is 0 Å². The SMILES string of the molecule is O=C(Nc1ccc2cn[nH]c2c1)C(=O)N1CCCc2ccccc21. The van der Waals surface area contributed by atoms with Crippen LogP contribution in [-0.4, -0.2) is 28.6 Å². The maximum Gasteiger partial charge on any atom is 0.316 e. The molecule has 2 heterocycles. The Kier molecular flexibility index (Phi) is 3.49. The molecular formula is C18H16N4O2. The predicted molar refractivity (Wildman–Crippen MR) is 91.8 cm³/mol. The van der Waals surface area contributed by atoms with Gasteiger partial charge in [-0.3, -0.25) is 14.7 Å². The lowest BCUT2D eigenvalue weighted by molar-refractivity contribution is -0.134. The third-order valence-corrected chi connectivity index (χ3v) is 4.25. The summed E-state index contributed by atoms with van der Waals surface area (Å²) >= 11 is 0. The van der Waals surface area contributed by atoms with Crippen molar-refractivity contribution in [2.45, 2.75) is 12.8 Å². The van der Waals surface area contributed by atoms with Crippen molar-refractivity contribution in [2.24, 2.45) is 0 Å². The summed E-state index contributed by atoms with van der Waals surface area (Å²) in [6.07, 6.45) is 3.49. The van der Waals surface area contributed by atoms with Crippen molar-refractivity contribution in [1.82, 2.24) is 10.2 Å². The van der Waals surface area contributed by atoms with Gasteiger partial charge in [-0.25, -0.2) is 0 Å². The average molecular weight is 320 g/mol. The second kappa shape index (κ2) is 5.81. The molecule has 1 aliphatic rings. The molecule has 4 rings (SSSR count). The van der Waals surface area contributed by atoms with E-state index in [1.165, 1.54) is 0 Å². The van der Waals surface area contributed by atoms with Crippen LogP contribution in [0.4, 0.5) is 11.4 Å². The molecule has 1 aromatic heterocycles. The maximum atomic E-state index is 12.6. The quantitative estimate of drug-likeness (QED) is 0.676. The molecule has 6 heteroatoms. The highest BCUT2D eigenvalue weighted by Crippen LogP contribution is 2.27. The fourth-order valence-electron chi connectivity index (χ4n) is 3.07. The zero-order valence-electron chi connectivity index (χ0n) is 13.0. The Hall–Kier alpha value is -3.15. The largest absolute Gasteiger partial charge is 0.318 e. The van der Waals surface area contributed by atoms with Gasteiger partial charge in [0.05, 0.1) is 11.7 Å². The van der Waals surface area contributed by atoms with Gasteiger partial charge in [-0.05, 0) is 42.7 Å². The Labute approximate surface area is 138 Å². The molecule has 0 unspecified atom stereocenters. The number of aryl methyl sites for hydroxylation is 1. The van der Waals surface area contributed by atoms with E-state index in [4.69, 9.17) is 0 Å². The summed E-state index contributed by atoms with van der Waals surface area (Å²) < 4.78 is 0. The summed E-state index contributed by atoms with van der Waals surface area (Å²) in [7, 11) is 0. The topological polar surface area (TPSA) is 78.1 Å². The van der Waals surface area contributed by atoms with Gasteiger partial charge in [-0.15, -0.1) is 0 Å². The zero-order chi connectivity index (χ0) is 16.5. The minimum atomic E-state index is -0.634. The first-order valence-corrected chi connectivity index (χ1v) is 7.86. The molecule has 0 atom stereocenters. The van der Waals surface area contributed by atoms with Crippen LogP contribution in [-0.2, 0) is 16.0 Å². The molecule has 24 heavy (non-hydrogen) atoms. The average Bonchev–Trinajstić information content (AvgIpc) is 3.08. The summed E-state index contributed by atoms with van der Waals surface area (Å²) in [4.78, 5) is 26.5. The number of carbonyl (C=O) groups excluding carboxylic acids is 2. The maximum absolute atomic E-state index is 12.6. The van der Waals surface area contributed by atoms with Gasteiger partial charge in [0.1, 0.15) is 0 Å². The number of carbonyl (C=O) groups is 2. The Morgan fingerprint density at radius 2 is 2.04 bits per heavy atom. The third kappa shape index (κ3) is 2.52. The van der Waals surface area contributed by atoms with E-state index in [-0.39, 0.29) is 0 Å². The fourth-order valence-corrected chi connectivity index (χ4v) is 3.07. The van der Waals surface area contributed by atoms with E-state index in [0.717, 1.165) is 35.0 Å². The van der Waals surface area contributed by atoms with Gasteiger partial charge in [0.2, 0.25) is 0 Å². The molecule has 120 valence electrons. The highest BCUT2D eigenvalue weighted by molar-refractivity contribution is 6.44. The number of fused-ring (bicyclic) bond motifs is 2. The second-order valence-electron chi connectivity index (χ2n) is 5.82. The monoisotopic (exact) mass is 320 g/mol. The highest BCUT2D eigenvalue weighted by Gasteiger charge is 2.27. The molecule has 0 spiro atoms. The normalized spacial score (nSPS) is 13.6. The number of nitrogens with zero attached hydrogens (tertiary/aromatic N) is 2. The van der Waals surface area contributed by atoms with Crippen molar-refractivity contribution in [3.05, 3.63) is 54.2 Å². The minimum absolute atomic E-state index is 0.535. The van der Waals surface area contributed by atoms with Crippen LogP contribution in [0.1, 0.15) is 12.0 Å². The van der Waals surface area contributed by atoms with Crippen LogP contribution in [0.25, 0.3) is 10.9 Å². The van der Waals surface area contributed by atoms with Gasteiger partial charge in [0, 0.05) is 23.3 Å². The Bertz CT molecular complexity index is 931. The Morgan fingerprint density at radius 3 is 2.96 bits per heavy atom. The molecule has 6 nitrogen and oxygen atoms in total. The van der Waals surface area contributed by atoms with Crippen LogP contribution in [0, 0.1) is 0 Å². The number of hydrogen-bond donors (Lipinski definition) is 2. The molecule has 2 N–H and O–H groups in total. The zero-order valence-corrected chi connectivity index (χ0v) is 13.0. The van der Waals surface area contributed by atoms with Crippen molar-refractivity contribution in [1.29, 1.82) is 0 Å². The number of H-pyrrole nitrogens is 1. The molecule has 2 amide bonds. The van der Waals surface area contributed by atoms with Gasteiger partial charge in [-0.1, -0.05) is 18.2 Å². The standard InChI is InChI=1S/C18H16N4O2/c23-17(20-14-8-7-13-11-19-21-15(13)10-14)18(24)22-9-3-5-12-4-1-2-6-16(12)22/h1-2,4,6-8,10-11H,3,5,9H2,(H,19,21)(H,20,23). The highest BCUT2D eigenvalue weighted by atomic mass is 16.2. The van der Waals surface area contributed by atoms with Crippen LogP contribution < -0.4 is 10.2 Å². The number of para-hydroxylation sites is 1. The summed E-state index contributed by atoms with van der Waals surface area (Å²) in [5.41, 5.74) is 3.30. The van der Waals surface area contributed by atoms with Crippen LogP contribution in [0.2, 0.25) is 0 Å². The molecule has 0 radical (unpaired) electrons. The smallest absolute Gasteiger partial charge is 0.316 e. The van der Waals surface area contributed by atoms with E-state index in [0.29, 0.717) is 12.2 Å². The first-order chi connectivity index (χ1) is 11.7. The van der Waals surface area contributed by atoms with Crippen LogP contribution in [0.15, 0.2) is 48.7 Å². The molecule has 1 aliphatic heterocycles. The number of nitrogens with one attached hydrogen (secondary N) is 2. The number of hydrogen-bond acceptors (Lipinski definition) is 3. The van der Waals surface area contributed by atoms with E-state index in [2.05, 4.69) is 15.5 Å². The Morgan fingerprint density at radius 1 is 1.17 bits per heavy atom. The first-order valence-electron chi connectivity index (χ1n) is 7.86. The molecule has 0 fully saturated rings. The fraction of sp³-hybridized carbons (Fsp3) is 0.167. The number of amides is 2. The first kappa shape index (κ1) is 14.4. The predicted octanol–water partition coefficient (Wildman–Crippen LogP) is 2.48. The van der Waals surface area contributed by atoms with E-state index < -0.39 is 11.8 Å². The number of benzene rings is 2. The summed E-state index contributed by atoms with van der Waals surface area (Å²) in [5, 5.41) is 10.4. The second-order valence-corrected chi connectivity index (χ2v) is 5.82. The summed E-state index contributed by atoms with van der Waals surface area (Å²) in [6, 6.07) is 13.1. The van der Waals surface area contributed by atoms with E-state index >= 15 is 0 Å². The summed E-state index contributed by atoms with van der Waals surface area (Å²) in [5.74, 6) is -1.17. The molecule has 0 aliphatic carbocycles. The number of anilines is 2. The van der Waals surface area contributed by atoms with Gasteiger partial charge in [0.15, 0.2) is 0 Å². The van der Waals surface area contributed by atoms with Crippen LogP contribution in [0.3, 0.4) is 0 Å².